The van der Waals surface area contributed by atoms with Crippen LogP contribution >= 0.6 is 59.1 Å². The molecule has 1 atom stereocenters. The summed E-state index contributed by atoms with van der Waals surface area (Å²) in [6, 6.07) is 2.13. The molecule has 1 unspecified atom stereocenters. The van der Waals surface area contributed by atoms with Gasteiger partial charge in [0.25, 0.3) is 0 Å². The van der Waals surface area contributed by atoms with E-state index in [1.807, 2.05) is 4.68 Å². The van der Waals surface area contributed by atoms with Gasteiger partial charge >= 0.3 is 0 Å². The number of aromatic nitrogens is 2. The van der Waals surface area contributed by atoms with Crippen LogP contribution in [0.25, 0.3) is 0 Å². The summed E-state index contributed by atoms with van der Waals surface area (Å²) in [5, 5.41) is 4.64. The number of rotatable bonds is 6. The molecular formula is C13H17Br3N4S. The number of hydrazine groups is 1. The fraction of sp³-hybridized carbons (Fsp3) is 0.462. The van der Waals surface area contributed by atoms with Crippen LogP contribution in [0.1, 0.15) is 36.8 Å². The van der Waals surface area contributed by atoms with Crippen LogP contribution < -0.4 is 11.3 Å². The van der Waals surface area contributed by atoms with E-state index in [2.05, 4.69) is 78.2 Å². The van der Waals surface area contributed by atoms with E-state index in [0.717, 1.165) is 42.7 Å². The van der Waals surface area contributed by atoms with Crippen molar-refractivity contribution in [3.05, 3.63) is 35.1 Å². The second kappa shape index (κ2) is 7.70. The van der Waals surface area contributed by atoms with E-state index < -0.39 is 0 Å². The minimum Gasteiger partial charge on any atom is -0.271 e. The van der Waals surface area contributed by atoms with E-state index in [4.69, 9.17) is 5.84 Å². The van der Waals surface area contributed by atoms with Crippen LogP contribution in [0.3, 0.4) is 0 Å². The third kappa shape index (κ3) is 3.79. The minimum absolute atomic E-state index is 0.0323. The lowest BCUT2D eigenvalue weighted by molar-refractivity contribution is 0.515. The molecule has 3 N–H and O–H groups in total. The van der Waals surface area contributed by atoms with Crippen molar-refractivity contribution < 1.29 is 0 Å². The SMILES string of the molecule is CCc1nn(CC)c(CC(NN)c2cc(Br)sc2Br)c1Br. The van der Waals surface area contributed by atoms with Gasteiger partial charge in [0.2, 0.25) is 0 Å². The van der Waals surface area contributed by atoms with E-state index in [1.54, 1.807) is 11.3 Å². The monoisotopic (exact) mass is 498 g/mol. The van der Waals surface area contributed by atoms with Gasteiger partial charge in [0.1, 0.15) is 0 Å². The van der Waals surface area contributed by atoms with E-state index in [1.165, 1.54) is 5.69 Å². The predicted octanol–water partition coefficient (Wildman–Crippen LogP) is 4.56. The largest absolute Gasteiger partial charge is 0.271 e. The molecule has 8 heteroatoms. The zero-order valence-electron chi connectivity index (χ0n) is 11.8. The van der Waals surface area contributed by atoms with Gasteiger partial charge in [0.15, 0.2) is 0 Å². The van der Waals surface area contributed by atoms with Gasteiger partial charge in [-0.2, -0.15) is 5.10 Å². The lowest BCUT2D eigenvalue weighted by Gasteiger charge is -2.16. The van der Waals surface area contributed by atoms with Crippen molar-refractivity contribution in [2.75, 3.05) is 0 Å². The topological polar surface area (TPSA) is 55.9 Å². The van der Waals surface area contributed by atoms with Crippen LogP contribution in [0.2, 0.25) is 0 Å². The van der Waals surface area contributed by atoms with Crippen LogP contribution in [-0.4, -0.2) is 9.78 Å². The van der Waals surface area contributed by atoms with Gasteiger partial charge in [-0.05, 0) is 72.8 Å². The molecule has 0 fully saturated rings. The molecule has 0 radical (unpaired) electrons. The predicted molar refractivity (Wildman–Crippen MR) is 98.5 cm³/mol. The number of halogens is 3. The molecule has 0 saturated carbocycles. The molecule has 0 aliphatic heterocycles. The van der Waals surface area contributed by atoms with Crippen LogP contribution in [0, 0.1) is 0 Å². The summed E-state index contributed by atoms with van der Waals surface area (Å²) >= 11 is 12.5. The third-order valence-electron chi connectivity index (χ3n) is 3.35. The highest BCUT2D eigenvalue weighted by molar-refractivity contribution is 9.12. The zero-order chi connectivity index (χ0) is 15.6. The first-order valence-corrected chi connectivity index (χ1v) is 9.86. The molecule has 0 amide bonds. The first-order valence-electron chi connectivity index (χ1n) is 6.66. The maximum absolute atomic E-state index is 5.79. The van der Waals surface area contributed by atoms with Crippen LogP contribution in [-0.2, 0) is 19.4 Å². The molecule has 2 heterocycles. The molecule has 0 aromatic carbocycles. The summed E-state index contributed by atoms with van der Waals surface area (Å²) in [4.78, 5) is 0. The molecule has 4 nitrogen and oxygen atoms in total. The number of nitrogens with zero attached hydrogens (tertiary/aromatic N) is 2. The first-order chi connectivity index (χ1) is 10.0. The van der Waals surface area contributed by atoms with Crippen LogP contribution in [0.4, 0.5) is 0 Å². The maximum atomic E-state index is 5.79. The fourth-order valence-corrected chi connectivity index (χ4v) is 5.96. The molecule has 21 heavy (non-hydrogen) atoms. The summed E-state index contributed by atoms with van der Waals surface area (Å²) in [7, 11) is 0. The molecular weight excluding hydrogens is 484 g/mol. The van der Waals surface area contributed by atoms with Gasteiger partial charge in [0.05, 0.1) is 29.5 Å². The van der Waals surface area contributed by atoms with Crippen molar-refractivity contribution in [1.29, 1.82) is 0 Å². The summed E-state index contributed by atoms with van der Waals surface area (Å²) in [6.07, 6.45) is 1.69. The average Bonchev–Trinajstić information content (AvgIpc) is 2.95. The normalized spacial score (nSPS) is 12.9. The standard InChI is InChI=1S/C13H17Br3N4S/c1-3-8-12(15)10(20(4-2)19-8)6-9(18-17)7-5-11(14)21-13(7)16/h5,9,18H,3-4,6,17H2,1-2H3. The Bertz CT molecular complexity index is 623. The Balaban J connectivity index is 2.35. The third-order valence-corrected chi connectivity index (χ3v) is 6.65. The van der Waals surface area contributed by atoms with Gasteiger partial charge in [0, 0.05) is 13.0 Å². The van der Waals surface area contributed by atoms with Crippen LogP contribution in [0.15, 0.2) is 18.1 Å². The molecule has 2 rings (SSSR count). The fourth-order valence-electron chi connectivity index (χ4n) is 2.25. The van der Waals surface area contributed by atoms with Crippen LogP contribution in [0.5, 0.6) is 0 Å². The summed E-state index contributed by atoms with van der Waals surface area (Å²) < 4.78 is 5.31. The molecule has 0 aliphatic carbocycles. The maximum Gasteiger partial charge on any atom is 0.0766 e. The quantitative estimate of drug-likeness (QED) is 0.451. The Morgan fingerprint density at radius 1 is 1.38 bits per heavy atom. The van der Waals surface area contributed by atoms with Gasteiger partial charge in [-0.3, -0.25) is 16.0 Å². The van der Waals surface area contributed by atoms with Gasteiger partial charge in [-0.15, -0.1) is 11.3 Å². The summed E-state index contributed by atoms with van der Waals surface area (Å²) in [5.41, 5.74) is 6.34. The second-order valence-corrected chi connectivity index (χ2v) is 9.12. The lowest BCUT2D eigenvalue weighted by atomic mass is 10.1. The Kier molecular flexibility index (Phi) is 6.46. The average molecular weight is 501 g/mol. The van der Waals surface area contributed by atoms with E-state index in [9.17, 15) is 0 Å². The summed E-state index contributed by atoms with van der Waals surface area (Å²) in [6.45, 7) is 5.06. The van der Waals surface area contributed by atoms with E-state index >= 15 is 0 Å². The highest BCUT2D eigenvalue weighted by Crippen LogP contribution is 2.37. The number of nitrogens with two attached hydrogens (primary N) is 1. The van der Waals surface area contributed by atoms with Crippen molar-refractivity contribution in [3.8, 4) is 0 Å². The number of hydrogen-bond acceptors (Lipinski definition) is 4. The zero-order valence-corrected chi connectivity index (χ0v) is 17.4. The number of nitrogens with one attached hydrogen (secondary N) is 1. The summed E-state index contributed by atoms with van der Waals surface area (Å²) in [5.74, 6) is 5.79. The number of aryl methyl sites for hydroxylation is 2. The van der Waals surface area contributed by atoms with Gasteiger partial charge < -0.3 is 0 Å². The number of thiophene rings is 1. The van der Waals surface area contributed by atoms with Crippen molar-refractivity contribution in [2.24, 2.45) is 5.84 Å². The Labute approximate surface area is 153 Å². The number of hydrogen-bond donors (Lipinski definition) is 2. The first kappa shape index (κ1) is 17.6. The van der Waals surface area contributed by atoms with E-state index in [0.29, 0.717) is 0 Å². The van der Waals surface area contributed by atoms with Crippen molar-refractivity contribution in [1.82, 2.24) is 15.2 Å². The van der Waals surface area contributed by atoms with Crippen molar-refractivity contribution in [3.63, 3.8) is 0 Å². The van der Waals surface area contributed by atoms with Crippen molar-refractivity contribution >= 4 is 59.1 Å². The van der Waals surface area contributed by atoms with Crippen molar-refractivity contribution in [2.45, 2.75) is 39.3 Å². The second-order valence-electron chi connectivity index (χ2n) is 4.58. The lowest BCUT2D eigenvalue weighted by Crippen LogP contribution is -2.30. The highest BCUT2D eigenvalue weighted by Gasteiger charge is 2.22. The Morgan fingerprint density at radius 2 is 2.10 bits per heavy atom. The van der Waals surface area contributed by atoms with Gasteiger partial charge in [-0.1, -0.05) is 6.92 Å². The Hall–Kier alpha value is 0.270. The molecule has 2 aromatic heterocycles. The molecule has 0 saturated heterocycles. The molecule has 0 spiro atoms. The Morgan fingerprint density at radius 3 is 2.57 bits per heavy atom. The molecule has 2 aromatic rings. The molecule has 0 bridgehead atoms. The van der Waals surface area contributed by atoms with Gasteiger partial charge in [-0.25, -0.2) is 0 Å². The highest BCUT2D eigenvalue weighted by atomic mass is 79.9. The molecule has 0 aliphatic rings. The smallest absolute Gasteiger partial charge is 0.0766 e. The molecule has 116 valence electrons. The van der Waals surface area contributed by atoms with E-state index in [-0.39, 0.29) is 6.04 Å². The minimum atomic E-state index is 0.0323.